The Labute approximate surface area is 226 Å². The highest BCUT2D eigenvalue weighted by atomic mass is 16.5. The minimum absolute atomic E-state index is 0.00954. The highest BCUT2D eigenvalue weighted by Gasteiger charge is 2.22. The van der Waals surface area contributed by atoms with Gasteiger partial charge in [0.1, 0.15) is 11.6 Å². The van der Waals surface area contributed by atoms with Crippen molar-refractivity contribution in [1.29, 1.82) is 0 Å². The molecule has 6 N–H and O–H groups in total. The molecule has 2 aromatic carbocycles. The number of aliphatic hydroxyl groups is 1. The first kappa shape index (κ1) is 29.2. The van der Waals surface area contributed by atoms with E-state index in [-0.39, 0.29) is 30.1 Å². The van der Waals surface area contributed by atoms with E-state index < -0.39 is 0 Å². The van der Waals surface area contributed by atoms with E-state index in [0.717, 1.165) is 35.6 Å². The van der Waals surface area contributed by atoms with Gasteiger partial charge in [0.25, 0.3) is 5.91 Å². The SMILES string of the molecule is CC(C)Oc1ccc(C(=O)N[C@H](CCO)Cc2ccc(-c3cn(CCCN)c(C(C)(C)C)n3)cc2)cc1N. The van der Waals surface area contributed by atoms with Crippen LogP contribution in [0.25, 0.3) is 11.3 Å². The number of anilines is 1. The Bertz CT molecular complexity index is 1200. The Balaban J connectivity index is 1.71. The van der Waals surface area contributed by atoms with Gasteiger partial charge in [0.15, 0.2) is 0 Å². The third kappa shape index (κ3) is 7.82. The van der Waals surface area contributed by atoms with E-state index in [9.17, 15) is 9.90 Å². The van der Waals surface area contributed by atoms with E-state index in [4.69, 9.17) is 21.2 Å². The van der Waals surface area contributed by atoms with Crippen LogP contribution in [0.1, 0.15) is 69.2 Å². The number of amides is 1. The normalized spacial score (nSPS) is 12.5. The summed E-state index contributed by atoms with van der Waals surface area (Å²) in [4.78, 5) is 17.9. The van der Waals surface area contributed by atoms with Gasteiger partial charge in [-0.3, -0.25) is 4.79 Å². The molecule has 0 aliphatic heterocycles. The molecular formula is C30H43N5O3. The van der Waals surface area contributed by atoms with Crippen molar-refractivity contribution in [2.45, 2.75) is 78.0 Å². The third-order valence-electron chi connectivity index (χ3n) is 6.23. The molecule has 1 atom stereocenters. The van der Waals surface area contributed by atoms with Crippen LogP contribution in [0.5, 0.6) is 5.75 Å². The van der Waals surface area contributed by atoms with Crippen molar-refractivity contribution < 1.29 is 14.6 Å². The number of aromatic nitrogens is 2. The van der Waals surface area contributed by atoms with Gasteiger partial charge in [-0.25, -0.2) is 4.98 Å². The smallest absolute Gasteiger partial charge is 0.251 e. The average molecular weight is 522 g/mol. The Morgan fingerprint density at radius 1 is 1.16 bits per heavy atom. The van der Waals surface area contributed by atoms with Crippen molar-refractivity contribution in [2.24, 2.45) is 5.73 Å². The highest BCUT2D eigenvalue weighted by Crippen LogP contribution is 2.27. The molecule has 3 aromatic rings. The lowest BCUT2D eigenvalue weighted by atomic mass is 9.95. The summed E-state index contributed by atoms with van der Waals surface area (Å²) in [6.07, 6.45) is 4.03. The molecule has 1 heterocycles. The van der Waals surface area contributed by atoms with E-state index in [1.165, 1.54) is 0 Å². The molecule has 0 fully saturated rings. The Hall–Kier alpha value is -3.36. The summed E-state index contributed by atoms with van der Waals surface area (Å²) in [7, 11) is 0. The van der Waals surface area contributed by atoms with Crippen molar-refractivity contribution in [1.82, 2.24) is 14.9 Å². The molecule has 0 unspecified atom stereocenters. The fourth-order valence-corrected chi connectivity index (χ4v) is 4.38. The summed E-state index contributed by atoms with van der Waals surface area (Å²) >= 11 is 0. The fraction of sp³-hybridized carbons (Fsp3) is 0.467. The molecule has 3 rings (SSSR count). The summed E-state index contributed by atoms with van der Waals surface area (Å²) < 4.78 is 7.87. The van der Waals surface area contributed by atoms with Gasteiger partial charge in [0.2, 0.25) is 0 Å². The molecule has 0 radical (unpaired) electrons. The number of carbonyl (C=O) groups is 1. The lowest BCUT2D eigenvalue weighted by molar-refractivity contribution is 0.0930. The van der Waals surface area contributed by atoms with Crippen LogP contribution in [0.15, 0.2) is 48.7 Å². The van der Waals surface area contributed by atoms with Gasteiger partial charge in [-0.2, -0.15) is 0 Å². The van der Waals surface area contributed by atoms with Gasteiger partial charge in [-0.15, -0.1) is 0 Å². The number of imidazole rings is 1. The van der Waals surface area contributed by atoms with E-state index >= 15 is 0 Å². The van der Waals surface area contributed by atoms with Crippen LogP contribution in [0, 0.1) is 0 Å². The predicted octanol–water partition coefficient (Wildman–Crippen LogP) is 4.29. The van der Waals surface area contributed by atoms with Crippen LogP contribution in [0.2, 0.25) is 0 Å². The molecule has 8 heteroatoms. The first-order chi connectivity index (χ1) is 18.0. The molecule has 0 aliphatic rings. The largest absolute Gasteiger partial charge is 0.489 e. The number of hydrogen-bond donors (Lipinski definition) is 4. The molecule has 0 saturated carbocycles. The number of nitrogens with zero attached hydrogens (tertiary/aromatic N) is 2. The van der Waals surface area contributed by atoms with Gasteiger partial charge in [0.05, 0.1) is 17.5 Å². The number of carbonyl (C=O) groups excluding carboxylic acids is 1. The summed E-state index contributed by atoms with van der Waals surface area (Å²) in [6, 6.07) is 13.0. The number of ether oxygens (including phenoxy) is 1. The number of hydrogen-bond acceptors (Lipinski definition) is 6. The maximum absolute atomic E-state index is 12.9. The maximum Gasteiger partial charge on any atom is 0.251 e. The number of nitrogens with one attached hydrogen (secondary N) is 1. The molecule has 1 amide bonds. The van der Waals surface area contributed by atoms with Crippen LogP contribution >= 0.6 is 0 Å². The van der Waals surface area contributed by atoms with Crippen LogP contribution < -0.4 is 21.5 Å². The molecule has 0 bridgehead atoms. The minimum atomic E-state index is -0.236. The summed E-state index contributed by atoms with van der Waals surface area (Å²) in [5.41, 5.74) is 15.6. The number of aryl methyl sites for hydroxylation is 1. The van der Waals surface area contributed by atoms with Gasteiger partial charge < -0.3 is 31.2 Å². The number of nitrogens with two attached hydrogens (primary N) is 2. The van der Waals surface area contributed by atoms with Crippen molar-refractivity contribution in [3.8, 4) is 17.0 Å². The van der Waals surface area contributed by atoms with Gasteiger partial charge in [-0.05, 0) is 63.4 Å². The number of nitrogen functional groups attached to an aromatic ring is 1. The van der Waals surface area contributed by atoms with Crippen LogP contribution in [0.4, 0.5) is 5.69 Å². The highest BCUT2D eigenvalue weighted by molar-refractivity contribution is 5.95. The molecule has 0 spiro atoms. The van der Waals surface area contributed by atoms with Crippen molar-refractivity contribution >= 4 is 11.6 Å². The molecule has 0 aliphatic carbocycles. The molecule has 1 aromatic heterocycles. The molecular weight excluding hydrogens is 478 g/mol. The van der Waals surface area contributed by atoms with E-state index in [2.05, 4.69) is 61.1 Å². The summed E-state index contributed by atoms with van der Waals surface area (Å²) in [5, 5.41) is 12.6. The van der Waals surface area contributed by atoms with Crippen molar-refractivity contribution in [2.75, 3.05) is 18.9 Å². The Morgan fingerprint density at radius 3 is 2.45 bits per heavy atom. The quantitative estimate of drug-likeness (QED) is 0.263. The average Bonchev–Trinajstić information content (AvgIpc) is 3.29. The van der Waals surface area contributed by atoms with Crippen LogP contribution in [-0.4, -0.2) is 45.9 Å². The summed E-state index contributed by atoms with van der Waals surface area (Å²) in [5.74, 6) is 1.36. The zero-order chi connectivity index (χ0) is 27.9. The number of aliphatic hydroxyl groups excluding tert-OH is 1. The third-order valence-corrected chi connectivity index (χ3v) is 6.23. The number of rotatable bonds is 12. The van der Waals surface area contributed by atoms with Crippen molar-refractivity contribution in [3.05, 3.63) is 65.6 Å². The zero-order valence-corrected chi connectivity index (χ0v) is 23.3. The predicted molar refractivity (Wildman–Crippen MR) is 153 cm³/mol. The first-order valence-corrected chi connectivity index (χ1v) is 13.4. The van der Waals surface area contributed by atoms with Gasteiger partial charge >= 0.3 is 0 Å². The Morgan fingerprint density at radius 2 is 1.87 bits per heavy atom. The lowest BCUT2D eigenvalue weighted by Crippen LogP contribution is -2.37. The van der Waals surface area contributed by atoms with Crippen LogP contribution in [0.3, 0.4) is 0 Å². The maximum atomic E-state index is 12.9. The topological polar surface area (TPSA) is 128 Å². The second-order valence-corrected chi connectivity index (χ2v) is 11.0. The molecule has 8 nitrogen and oxygen atoms in total. The lowest BCUT2D eigenvalue weighted by Gasteiger charge is -2.19. The van der Waals surface area contributed by atoms with E-state index in [1.807, 2.05) is 13.8 Å². The van der Waals surface area contributed by atoms with Crippen LogP contribution in [-0.2, 0) is 18.4 Å². The monoisotopic (exact) mass is 521 g/mol. The van der Waals surface area contributed by atoms with Gasteiger partial charge in [-0.1, -0.05) is 45.0 Å². The first-order valence-electron chi connectivity index (χ1n) is 13.4. The molecule has 0 saturated heterocycles. The van der Waals surface area contributed by atoms with Crippen molar-refractivity contribution in [3.63, 3.8) is 0 Å². The Kier molecular flexibility index (Phi) is 9.94. The molecule has 206 valence electrons. The minimum Gasteiger partial charge on any atom is -0.489 e. The van der Waals surface area contributed by atoms with E-state index in [1.54, 1.807) is 18.2 Å². The van der Waals surface area contributed by atoms with E-state index in [0.29, 0.717) is 36.4 Å². The number of benzene rings is 2. The van der Waals surface area contributed by atoms with Gasteiger partial charge in [0, 0.05) is 41.9 Å². The summed E-state index contributed by atoms with van der Waals surface area (Å²) in [6.45, 7) is 11.8. The standard InChI is InChI=1S/C30H43N5O3/c1-20(2)38-27-12-11-23(18-25(27)32)28(37)33-24(13-16-36)17-21-7-9-22(10-8-21)26-19-35(15-6-14-31)29(34-26)30(3,4)5/h7-12,18-20,24,36H,6,13-17,31-32H2,1-5H3,(H,33,37)/t24-/m1/s1. The second-order valence-electron chi connectivity index (χ2n) is 11.0. The zero-order valence-electron chi connectivity index (χ0n) is 23.3. The second kappa shape index (κ2) is 12.9. The fourth-order valence-electron chi connectivity index (χ4n) is 4.38. The molecule has 38 heavy (non-hydrogen) atoms.